The molecule has 6 nitrogen and oxygen atoms in total. The third-order valence-electron chi connectivity index (χ3n) is 6.96. The number of nitrogens with two attached hydrogens (primary N) is 1. The van der Waals surface area contributed by atoms with Gasteiger partial charge in [-0.3, -0.25) is 4.90 Å². The van der Waals surface area contributed by atoms with Gasteiger partial charge in [0, 0.05) is 43.7 Å². The number of hydrogen-bond donors (Lipinski definition) is 3. The Morgan fingerprint density at radius 1 is 0.919 bits per heavy atom. The maximum atomic E-state index is 6.19. The van der Waals surface area contributed by atoms with Gasteiger partial charge in [-0.25, -0.2) is 4.98 Å². The molecule has 4 rings (SSSR count). The molecule has 0 spiro atoms. The molecule has 4 N–H and O–H groups in total. The summed E-state index contributed by atoms with van der Waals surface area (Å²) in [7, 11) is 0. The Morgan fingerprint density at radius 3 is 2.24 bits per heavy atom. The van der Waals surface area contributed by atoms with Crippen molar-refractivity contribution in [3.63, 3.8) is 0 Å². The van der Waals surface area contributed by atoms with Crippen LogP contribution in [0.5, 0.6) is 0 Å². The molecule has 0 bridgehead atoms. The largest absolute Gasteiger partial charge is 0.370 e. The minimum Gasteiger partial charge on any atom is -0.370 e. The Balaban J connectivity index is 1.46. The number of anilines is 2. The van der Waals surface area contributed by atoms with Crippen LogP contribution in [0.15, 0.2) is 48.5 Å². The van der Waals surface area contributed by atoms with E-state index in [4.69, 9.17) is 10.7 Å². The quantitative estimate of drug-likeness (QED) is 0.277. The van der Waals surface area contributed by atoms with Crippen molar-refractivity contribution in [1.29, 1.82) is 0 Å². The van der Waals surface area contributed by atoms with E-state index in [1.807, 2.05) is 0 Å². The summed E-state index contributed by atoms with van der Waals surface area (Å²) >= 11 is 0. The Morgan fingerprint density at radius 2 is 1.59 bits per heavy atom. The first-order chi connectivity index (χ1) is 17.8. The lowest BCUT2D eigenvalue weighted by atomic mass is 10.0. The van der Waals surface area contributed by atoms with Gasteiger partial charge in [-0.2, -0.15) is 4.98 Å². The number of unbranched alkanes of at least 4 members (excludes halogenated alkanes) is 1. The summed E-state index contributed by atoms with van der Waals surface area (Å²) in [4.78, 5) is 11.9. The number of rotatable bonds is 12. The predicted octanol–water partition coefficient (Wildman–Crippen LogP) is 5.70. The average Bonchev–Trinajstić information content (AvgIpc) is 3.27. The molecule has 1 aliphatic rings. The molecule has 0 atom stereocenters. The second-order valence-corrected chi connectivity index (χ2v) is 11.3. The highest BCUT2D eigenvalue weighted by Gasteiger charge is 2.19. The molecule has 2 aromatic carbocycles. The zero-order valence-corrected chi connectivity index (χ0v) is 23.1. The molecule has 0 amide bonds. The maximum absolute atomic E-state index is 6.19. The summed E-state index contributed by atoms with van der Waals surface area (Å²) in [5, 5.41) is 7.12. The maximum Gasteiger partial charge on any atom is 0.222 e. The van der Waals surface area contributed by atoms with Crippen LogP contribution < -0.4 is 16.4 Å². The van der Waals surface area contributed by atoms with Gasteiger partial charge < -0.3 is 16.4 Å². The molecular weight excluding hydrogens is 456 g/mol. The molecule has 6 heteroatoms. The third-order valence-corrected chi connectivity index (χ3v) is 6.96. The molecule has 0 saturated heterocycles. The van der Waals surface area contributed by atoms with Crippen LogP contribution in [0.3, 0.4) is 0 Å². The van der Waals surface area contributed by atoms with Crippen LogP contribution >= 0.6 is 0 Å². The lowest BCUT2D eigenvalue weighted by Gasteiger charge is -2.20. The summed E-state index contributed by atoms with van der Waals surface area (Å²) in [6, 6.07) is 17.6. The SMILES string of the molecule is CCCCNc1nc(N)nc(Cc2ccc(CNC(C)(C)C)cc2)c1CCCN1Cc2ccccc2C1. The smallest absolute Gasteiger partial charge is 0.222 e. The minimum absolute atomic E-state index is 0.102. The average molecular weight is 501 g/mol. The van der Waals surface area contributed by atoms with Crippen LogP contribution in [0.2, 0.25) is 0 Å². The molecule has 198 valence electrons. The predicted molar refractivity (Wildman–Crippen MR) is 155 cm³/mol. The number of aromatic nitrogens is 2. The summed E-state index contributed by atoms with van der Waals surface area (Å²) in [6.45, 7) is 13.7. The van der Waals surface area contributed by atoms with E-state index in [-0.39, 0.29) is 5.54 Å². The van der Waals surface area contributed by atoms with Crippen LogP contribution in [0.4, 0.5) is 11.8 Å². The second kappa shape index (κ2) is 12.5. The fraction of sp³-hybridized carbons (Fsp3) is 0.484. The van der Waals surface area contributed by atoms with Gasteiger partial charge in [-0.15, -0.1) is 0 Å². The van der Waals surface area contributed by atoms with Crippen molar-refractivity contribution < 1.29 is 0 Å². The molecule has 0 saturated carbocycles. The van der Waals surface area contributed by atoms with Crippen molar-refractivity contribution in [2.24, 2.45) is 0 Å². The Bertz CT molecular complexity index is 1120. The van der Waals surface area contributed by atoms with Gasteiger partial charge in [0.2, 0.25) is 5.95 Å². The minimum atomic E-state index is 0.102. The Labute approximate surface area is 223 Å². The van der Waals surface area contributed by atoms with Gasteiger partial charge in [0.15, 0.2) is 0 Å². The highest BCUT2D eigenvalue weighted by atomic mass is 15.1. The zero-order valence-electron chi connectivity index (χ0n) is 23.1. The number of fused-ring (bicyclic) bond motifs is 1. The lowest BCUT2D eigenvalue weighted by molar-refractivity contribution is 0.280. The van der Waals surface area contributed by atoms with E-state index >= 15 is 0 Å². The molecule has 0 radical (unpaired) electrons. The van der Waals surface area contributed by atoms with Crippen molar-refractivity contribution in [2.75, 3.05) is 24.1 Å². The second-order valence-electron chi connectivity index (χ2n) is 11.3. The molecule has 1 aliphatic heterocycles. The van der Waals surface area contributed by atoms with E-state index < -0.39 is 0 Å². The number of nitrogen functional groups attached to an aromatic ring is 1. The number of nitrogens with zero attached hydrogens (tertiary/aromatic N) is 3. The van der Waals surface area contributed by atoms with E-state index in [1.165, 1.54) is 27.8 Å². The van der Waals surface area contributed by atoms with Gasteiger partial charge in [-0.05, 0) is 68.8 Å². The highest BCUT2D eigenvalue weighted by molar-refractivity contribution is 5.51. The number of hydrogen-bond acceptors (Lipinski definition) is 6. The van der Waals surface area contributed by atoms with Crippen LogP contribution in [-0.2, 0) is 32.5 Å². The standard InChI is InChI=1S/C31H44N6/c1-5-6-17-33-29-27(12-9-18-37-21-25-10-7-8-11-26(25)22-37)28(35-30(32)36-29)19-23-13-15-24(16-14-23)20-34-31(2,3)4/h7-8,10-11,13-16,34H,5-6,9,12,17-22H2,1-4H3,(H3,32,33,35,36). The Kier molecular flexibility index (Phi) is 9.17. The van der Waals surface area contributed by atoms with E-state index in [0.29, 0.717) is 5.95 Å². The van der Waals surface area contributed by atoms with Gasteiger partial charge in [0.05, 0.1) is 5.69 Å². The van der Waals surface area contributed by atoms with E-state index in [1.54, 1.807) is 0 Å². The summed E-state index contributed by atoms with van der Waals surface area (Å²) in [5.41, 5.74) is 14.0. The molecule has 2 heterocycles. The van der Waals surface area contributed by atoms with E-state index in [9.17, 15) is 0 Å². The molecule has 0 fully saturated rings. The van der Waals surface area contributed by atoms with Crippen LogP contribution in [0.1, 0.15) is 80.5 Å². The third kappa shape index (κ3) is 8.01. The monoisotopic (exact) mass is 500 g/mol. The van der Waals surface area contributed by atoms with Crippen molar-refractivity contribution >= 4 is 11.8 Å². The zero-order chi connectivity index (χ0) is 26.3. The number of benzene rings is 2. The first-order valence-electron chi connectivity index (χ1n) is 13.8. The van der Waals surface area contributed by atoms with E-state index in [2.05, 4.69) is 96.7 Å². The molecule has 1 aromatic heterocycles. The lowest BCUT2D eigenvalue weighted by Crippen LogP contribution is -2.35. The van der Waals surface area contributed by atoms with Crippen LogP contribution in [0.25, 0.3) is 0 Å². The first-order valence-corrected chi connectivity index (χ1v) is 13.8. The molecule has 37 heavy (non-hydrogen) atoms. The van der Waals surface area contributed by atoms with Gasteiger partial charge in [0.25, 0.3) is 0 Å². The number of nitrogens with one attached hydrogen (secondary N) is 2. The first kappa shape index (κ1) is 27.1. The van der Waals surface area contributed by atoms with Crippen molar-refractivity contribution in [1.82, 2.24) is 20.2 Å². The van der Waals surface area contributed by atoms with Crippen molar-refractivity contribution in [2.45, 2.75) is 85.0 Å². The summed E-state index contributed by atoms with van der Waals surface area (Å²) in [5.74, 6) is 1.25. The van der Waals surface area contributed by atoms with Crippen LogP contribution in [0, 0.1) is 0 Å². The van der Waals surface area contributed by atoms with Crippen molar-refractivity contribution in [3.05, 3.63) is 82.0 Å². The summed E-state index contributed by atoms with van der Waals surface area (Å²) in [6.07, 6.45) is 5.00. The molecular formula is C31H44N6. The summed E-state index contributed by atoms with van der Waals surface area (Å²) < 4.78 is 0. The van der Waals surface area contributed by atoms with Gasteiger partial charge in [0.1, 0.15) is 5.82 Å². The highest BCUT2D eigenvalue weighted by Crippen LogP contribution is 2.25. The topological polar surface area (TPSA) is 79.1 Å². The fourth-order valence-corrected chi connectivity index (χ4v) is 4.86. The van der Waals surface area contributed by atoms with E-state index in [0.717, 1.165) is 76.3 Å². The van der Waals surface area contributed by atoms with Crippen LogP contribution in [-0.4, -0.2) is 33.5 Å². The molecule has 3 aromatic rings. The van der Waals surface area contributed by atoms with Gasteiger partial charge >= 0.3 is 0 Å². The van der Waals surface area contributed by atoms with Crippen molar-refractivity contribution in [3.8, 4) is 0 Å². The fourth-order valence-electron chi connectivity index (χ4n) is 4.86. The Hall–Kier alpha value is -2.96. The normalized spacial score (nSPS) is 13.6. The molecule has 0 aliphatic carbocycles. The molecule has 0 unspecified atom stereocenters. The van der Waals surface area contributed by atoms with Gasteiger partial charge in [-0.1, -0.05) is 61.9 Å².